The Balaban J connectivity index is 1.85. The third kappa shape index (κ3) is 4.06. The predicted octanol–water partition coefficient (Wildman–Crippen LogP) is 2.11. The fraction of sp³-hybridized carbons (Fsp3) is 0.500. The average Bonchev–Trinajstić information content (AvgIpc) is 2.43. The summed E-state index contributed by atoms with van der Waals surface area (Å²) in [6.07, 6.45) is 2.10. The molecule has 1 aromatic carbocycles. The van der Waals surface area contributed by atoms with E-state index in [1.807, 2.05) is 25.1 Å². The Hall–Kier alpha value is -1.36. The normalized spacial score (nSPS) is 15.5. The van der Waals surface area contributed by atoms with Gasteiger partial charge in [-0.3, -0.25) is 9.00 Å². The Morgan fingerprint density at radius 1 is 1.37 bits per heavy atom. The standard InChI is InChI=1S/C14H19NO3S/c1-2-19(17)9-3-8-18-12-5-6-13-11(10-12)4-7-14(16)15-13/h5-6,10H,2-4,7-9H2,1H3,(H,15,16). The van der Waals surface area contributed by atoms with Crippen molar-refractivity contribution >= 4 is 22.4 Å². The highest BCUT2D eigenvalue weighted by Gasteiger charge is 2.14. The lowest BCUT2D eigenvalue weighted by Crippen LogP contribution is -2.18. The Labute approximate surface area is 116 Å². The second kappa shape index (κ2) is 6.70. The van der Waals surface area contributed by atoms with Gasteiger partial charge in [0.1, 0.15) is 5.75 Å². The lowest BCUT2D eigenvalue weighted by atomic mass is 10.0. The summed E-state index contributed by atoms with van der Waals surface area (Å²) in [5.74, 6) is 2.29. The highest BCUT2D eigenvalue weighted by atomic mass is 32.2. The van der Waals surface area contributed by atoms with Gasteiger partial charge in [-0.2, -0.15) is 0 Å². The van der Waals surface area contributed by atoms with Gasteiger partial charge >= 0.3 is 0 Å². The van der Waals surface area contributed by atoms with Crippen LogP contribution < -0.4 is 10.1 Å². The van der Waals surface area contributed by atoms with Gasteiger partial charge in [-0.15, -0.1) is 0 Å². The number of carbonyl (C=O) groups excluding carboxylic acids is 1. The number of ether oxygens (including phenoxy) is 1. The Morgan fingerprint density at radius 2 is 2.21 bits per heavy atom. The number of aryl methyl sites for hydroxylation is 1. The highest BCUT2D eigenvalue weighted by molar-refractivity contribution is 7.84. The van der Waals surface area contributed by atoms with Crippen molar-refractivity contribution in [2.45, 2.75) is 26.2 Å². The van der Waals surface area contributed by atoms with Crippen molar-refractivity contribution in [3.8, 4) is 5.75 Å². The first kappa shape index (κ1) is 14.1. The molecule has 0 aromatic heterocycles. The van der Waals surface area contributed by atoms with E-state index in [-0.39, 0.29) is 5.91 Å². The Morgan fingerprint density at radius 3 is 3.00 bits per heavy atom. The number of rotatable bonds is 6. The summed E-state index contributed by atoms with van der Waals surface area (Å²) in [5, 5.41) is 2.84. The quantitative estimate of drug-likeness (QED) is 0.813. The molecule has 1 aromatic rings. The van der Waals surface area contributed by atoms with E-state index < -0.39 is 10.8 Å². The molecule has 19 heavy (non-hydrogen) atoms. The largest absolute Gasteiger partial charge is 0.494 e. The fourth-order valence-corrected chi connectivity index (χ4v) is 2.73. The first-order valence-electron chi connectivity index (χ1n) is 6.59. The second-order valence-electron chi connectivity index (χ2n) is 4.50. The van der Waals surface area contributed by atoms with E-state index in [2.05, 4.69) is 5.32 Å². The van der Waals surface area contributed by atoms with Crippen molar-refractivity contribution in [2.75, 3.05) is 23.4 Å². The van der Waals surface area contributed by atoms with E-state index >= 15 is 0 Å². The zero-order valence-electron chi connectivity index (χ0n) is 11.1. The summed E-state index contributed by atoms with van der Waals surface area (Å²) in [7, 11) is -0.718. The van der Waals surface area contributed by atoms with Gasteiger partial charge < -0.3 is 10.1 Å². The molecular weight excluding hydrogens is 262 g/mol. The van der Waals surface area contributed by atoms with Crippen molar-refractivity contribution in [1.29, 1.82) is 0 Å². The Kier molecular flexibility index (Phi) is 4.96. The molecule has 1 unspecified atom stereocenters. The van der Waals surface area contributed by atoms with Crippen molar-refractivity contribution < 1.29 is 13.7 Å². The summed E-state index contributed by atoms with van der Waals surface area (Å²) in [6, 6.07) is 5.72. The summed E-state index contributed by atoms with van der Waals surface area (Å²) >= 11 is 0. The maximum absolute atomic E-state index is 11.3. The fourth-order valence-electron chi connectivity index (χ4n) is 2.00. The molecule has 1 aliphatic rings. The Bertz CT molecular complexity index is 488. The number of nitrogens with one attached hydrogen (secondary N) is 1. The number of hydrogen-bond donors (Lipinski definition) is 1. The number of anilines is 1. The molecule has 0 fully saturated rings. The molecule has 1 N–H and O–H groups in total. The summed E-state index contributed by atoms with van der Waals surface area (Å²) in [5.41, 5.74) is 2.00. The van der Waals surface area contributed by atoms with E-state index in [0.717, 1.165) is 29.8 Å². The molecule has 1 aliphatic heterocycles. The molecular formula is C14H19NO3S. The molecule has 0 spiro atoms. The third-order valence-electron chi connectivity index (χ3n) is 3.08. The first-order valence-corrected chi connectivity index (χ1v) is 8.08. The summed E-state index contributed by atoms with van der Waals surface area (Å²) < 4.78 is 16.9. The van der Waals surface area contributed by atoms with Crippen molar-refractivity contribution in [2.24, 2.45) is 0 Å². The minimum atomic E-state index is -0.718. The first-order chi connectivity index (χ1) is 9.19. The third-order valence-corrected chi connectivity index (χ3v) is 4.47. The van der Waals surface area contributed by atoms with Crippen LogP contribution in [0.4, 0.5) is 5.69 Å². The van der Waals surface area contributed by atoms with E-state index in [1.54, 1.807) is 0 Å². The van der Waals surface area contributed by atoms with E-state index in [9.17, 15) is 9.00 Å². The van der Waals surface area contributed by atoms with E-state index in [1.165, 1.54) is 0 Å². The van der Waals surface area contributed by atoms with Crippen LogP contribution in [0.5, 0.6) is 5.75 Å². The molecule has 0 saturated carbocycles. The lowest BCUT2D eigenvalue weighted by Gasteiger charge is -2.17. The molecule has 4 nitrogen and oxygen atoms in total. The number of fused-ring (bicyclic) bond motifs is 1. The van der Waals surface area contributed by atoms with Crippen LogP contribution in [0.2, 0.25) is 0 Å². The van der Waals surface area contributed by atoms with Gasteiger partial charge in [0, 0.05) is 34.4 Å². The minimum absolute atomic E-state index is 0.0724. The van der Waals surface area contributed by atoms with Crippen LogP contribution in [0.1, 0.15) is 25.3 Å². The zero-order valence-corrected chi connectivity index (χ0v) is 11.9. The van der Waals surface area contributed by atoms with Gasteiger partial charge in [0.15, 0.2) is 0 Å². The molecule has 0 aliphatic carbocycles. The van der Waals surface area contributed by atoms with Crippen molar-refractivity contribution in [1.82, 2.24) is 0 Å². The van der Waals surface area contributed by atoms with Gasteiger partial charge in [-0.05, 0) is 36.6 Å². The molecule has 1 atom stereocenters. The smallest absolute Gasteiger partial charge is 0.224 e. The molecule has 104 valence electrons. The van der Waals surface area contributed by atoms with Gasteiger partial charge in [-0.1, -0.05) is 6.92 Å². The lowest BCUT2D eigenvalue weighted by molar-refractivity contribution is -0.116. The molecule has 0 saturated heterocycles. The van der Waals surface area contributed by atoms with Crippen LogP contribution in [0.25, 0.3) is 0 Å². The van der Waals surface area contributed by atoms with Gasteiger partial charge in [0.25, 0.3) is 0 Å². The van der Waals surface area contributed by atoms with Crippen LogP contribution in [-0.4, -0.2) is 28.2 Å². The van der Waals surface area contributed by atoms with Gasteiger partial charge in [0.2, 0.25) is 5.91 Å². The molecule has 1 heterocycles. The summed E-state index contributed by atoms with van der Waals surface area (Å²) in [6.45, 7) is 2.51. The molecule has 0 radical (unpaired) electrons. The average molecular weight is 281 g/mol. The maximum atomic E-state index is 11.3. The van der Waals surface area contributed by atoms with E-state index in [4.69, 9.17) is 4.74 Å². The molecule has 5 heteroatoms. The maximum Gasteiger partial charge on any atom is 0.224 e. The van der Waals surface area contributed by atoms with Crippen LogP contribution in [0.15, 0.2) is 18.2 Å². The summed E-state index contributed by atoms with van der Waals surface area (Å²) in [4.78, 5) is 11.2. The molecule has 0 bridgehead atoms. The monoisotopic (exact) mass is 281 g/mol. The van der Waals surface area contributed by atoms with Gasteiger partial charge in [-0.25, -0.2) is 0 Å². The van der Waals surface area contributed by atoms with Crippen molar-refractivity contribution in [3.63, 3.8) is 0 Å². The van der Waals surface area contributed by atoms with E-state index in [0.29, 0.717) is 24.5 Å². The minimum Gasteiger partial charge on any atom is -0.494 e. The molecule has 1 amide bonds. The van der Waals surface area contributed by atoms with Crippen LogP contribution in [0.3, 0.4) is 0 Å². The number of carbonyl (C=O) groups is 1. The predicted molar refractivity (Wildman–Crippen MR) is 77.1 cm³/mol. The number of hydrogen-bond acceptors (Lipinski definition) is 3. The van der Waals surface area contributed by atoms with Crippen molar-refractivity contribution in [3.05, 3.63) is 23.8 Å². The van der Waals surface area contributed by atoms with Crippen LogP contribution >= 0.6 is 0 Å². The topological polar surface area (TPSA) is 55.4 Å². The zero-order chi connectivity index (χ0) is 13.7. The SMILES string of the molecule is CCS(=O)CCCOc1ccc2c(c1)CCC(=O)N2. The molecule has 2 rings (SSSR count). The number of benzene rings is 1. The van der Waals surface area contributed by atoms with Gasteiger partial charge in [0.05, 0.1) is 6.61 Å². The van der Waals surface area contributed by atoms with Crippen LogP contribution in [0, 0.1) is 0 Å². The van der Waals surface area contributed by atoms with Crippen LogP contribution in [-0.2, 0) is 22.0 Å². The number of amides is 1. The highest BCUT2D eigenvalue weighted by Crippen LogP contribution is 2.26. The second-order valence-corrected chi connectivity index (χ2v) is 6.37.